The zero-order valence-corrected chi connectivity index (χ0v) is 11.6. The number of nitrogens with zero attached hydrogens (tertiary/aromatic N) is 1. The number of carbonyl (C=O) groups is 2. The summed E-state index contributed by atoms with van der Waals surface area (Å²) in [6.45, 7) is 3.30. The number of hydrogen-bond acceptors (Lipinski definition) is 2. The molecule has 102 valence electrons. The highest BCUT2D eigenvalue weighted by Gasteiger charge is 2.24. The first-order valence-electron chi connectivity index (χ1n) is 6.43. The summed E-state index contributed by atoms with van der Waals surface area (Å²) in [7, 11) is 0. The average molecular weight is 281 g/mol. The molecule has 0 radical (unpaired) electrons. The van der Waals surface area contributed by atoms with Gasteiger partial charge in [0.05, 0.1) is 0 Å². The number of carbonyl (C=O) groups excluding carboxylic acids is 2. The zero-order valence-electron chi connectivity index (χ0n) is 10.9. The van der Waals surface area contributed by atoms with Gasteiger partial charge in [0, 0.05) is 23.7 Å². The van der Waals surface area contributed by atoms with Crippen LogP contribution in [0.1, 0.15) is 30.1 Å². The van der Waals surface area contributed by atoms with Crippen molar-refractivity contribution in [3.63, 3.8) is 0 Å². The molecule has 1 aliphatic rings. The van der Waals surface area contributed by atoms with Crippen molar-refractivity contribution < 1.29 is 9.59 Å². The fraction of sp³-hybridized carbons (Fsp3) is 0.429. The summed E-state index contributed by atoms with van der Waals surface area (Å²) in [6.07, 6.45) is 2.09. The molecule has 1 saturated heterocycles. The second-order valence-electron chi connectivity index (χ2n) is 4.73. The van der Waals surface area contributed by atoms with Gasteiger partial charge in [-0.15, -0.1) is 0 Å². The van der Waals surface area contributed by atoms with E-state index in [2.05, 4.69) is 5.32 Å². The molecule has 2 rings (SSSR count). The number of benzene rings is 1. The van der Waals surface area contributed by atoms with Crippen LogP contribution in [0.25, 0.3) is 0 Å². The van der Waals surface area contributed by atoms with E-state index < -0.39 is 6.04 Å². The SMILES string of the molecule is CC(NC(=O)c1ccc(Cl)cc1)C(=O)N1CCCC1. The fourth-order valence-corrected chi connectivity index (χ4v) is 2.28. The van der Waals surface area contributed by atoms with E-state index in [-0.39, 0.29) is 11.8 Å². The Morgan fingerprint density at radius 1 is 1.21 bits per heavy atom. The lowest BCUT2D eigenvalue weighted by Gasteiger charge is -2.21. The Morgan fingerprint density at radius 3 is 2.37 bits per heavy atom. The Labute approximate surface area is 117 Å². The Balaban J connectivity index is 1.94. The van der Waals surface area contributed by atoms with Crippen LogP contribution in [0.15, 0.2) is 24.3 Å². The first-order valence-corrected chi connectivity index (χ1v) is 6.81. The molecule has 1 heterocycles. The second kappa shape index (κ2) is 6.06. The normalized spacial score (nSPS) is 16.2. The third-order valence-electron chi connectivity index (χ3n) is 3.24. The lowest BCUT2D eigenvalue weighted by molar-refractivity contribution is -0.131. The van der Waals surface area contributed by atoms with Crippen molar-refractivity contribution in [1.29, 1.82) is 0 Å². The van der Waals surface area contributed by atoms with Crippen LogP contribution in [-0.4, -0.2) is 35.8 Å². The number of nitrogens with one attached hydrogen (secondary N) is 1. The molecule has 4 nitrogen and oxygen atoms in total. The molecular weight excluding hydrogens is 264 g/mol. The van der Waals surface area contributed by atoms with Gasteiger partial charge >= 0.3 is 0 Å². The van der Waals surface area contributed by atoms with E-state index in [9.17, 15) is 9.59 Å². The topological polar surface area (TPSA) is 49.4 Å². The third-order valence-corrected chi connectivity index (χ3v) is 3.49. The van der Waals surface area contributed by atoms with Crippen LogP contribution in [0.2, 0.25) is 5.02 Å². The predicted octanol–water partition coefficient (Wildman–Crippen LogP) is 2.08. The minimum Gasteiger partial charge on any atom is -0.341 e. The highest BCUT2D eigenvalue weighted by molar-refractivity contribution is 6.30. The quantitative estimate of drug-likeness (QED) is 0.922. The lowest BCUT2D eigenvalue weighted by atomic mass is 10.2. The van der Waals surface area contributed by atoms with Crippen molar-refractivity contribution in [3.05, 3.63) is 34.9 Å². The molecular formula is C14H17ClN2O2. The van der Waals surface area contributed by atoms with Gasteiger partial charge in [0.1, 0.15) is 6.04 Å². The molecule has 0 spiro atoms. The van der Waals surface area contributed by atoms with Gasteiger partial charge in [-0.3, -0.25) is 9.59 Å². The van der Waals surface area contributed by atoms with Gasteiger partial charge in [-0.05, 0) is 44.0 Å². The van der Waals surface area contributed by atoms with Crippen LogP contribution in [-0.2, 0) is 4.79 Å². The van der Waals surface area contributed by atoms with E-state index in [1.165, 1.54) is 0 Å². The highest BCUT2D eigenvalue weighted by atomic mass is 35.5. The average Bonchev–Trinajstić information content (AvgIpc) is 2.92. The minimum atomic E-state index is -0.499. The molecule has 1 aromatic rings. The van der Waals surface area contributed by atoms with E-state index in [1.807, 2.05) is 0 Å². The summed E-state index contributed by atoms with van der Waals surface area (Å²) < 4.78 is 0. The van der Waals surface area contributed by atoms with Gasteiger partial charge in [0.15, 0.2) is 0 Å². The van der Waals surface area contributed by atoms with Crippen LogP contribution in [0.4, 0.5) is 0 Å². The molecule has 0 bridgehead atoms. The smallest absolute Gasteiger partial charge is 0.251 e. The van der Waals surface area contributed by atoms with Gasteiger partial charge in [-0.2, -0.15) is 0 Å². The van der Waals surface area contributed by atoms with E-state index in [4.69, 9.17) is 11.6 Å². The number of likely N-dealkylation sites (tertiary alicyclic amines) is 1. The standard InChI is InChI=1S/C14H17ClN2O2/c1-10(14(19)17-8-2-3-9-17)16-13(18)11-4-6-12(15)7-5-11/h4-7,10H,2-3,8-9H2,1H3,(H,16,18). The number of hydrogen-bond donors (Lipinski definition) is 1. The van der Waals surface area contributed by atoms with Gasteiger partial charge in [-0.1, -0.05) is 11.6 Å². The Morgan fingerprint density at radius 2 is 1.79 bits per heavy atom. The minimum absolute atomic E-state index is 0.0141. The van der Waals surface area contributed by atoms with Crippen LogP contribution in [0.3, 0.4) is 0 Å². The maximum atomic E-state index is 12.1. The van der Waals surface area contributed by atoms with Crippen molar-refractivity contribution in [3.8, 4) is 0 Å². The van der Waals surface area contributed by atoms with E-state index in [1.54, 1.807) is 36.1 Å². The van der Waals surface area contributed by atoms with Crippen LogP contribution < -0.4 is 5.32 Å². The Bertz CT molecular complexity index is 467. The summed E-state index contributed by atoms with van der Waals surface area (Å²) in [5, 5.41) is 3.30. The molecule has 0 aliphatic carbocycles. The Kier molecular flexibility index (Phi) is 4.43. The monoisotopic (exact) mass is 280 g/mol. The molecule has 1 atom stereocenters. The van der Waals surface area contributed by atoms with Gasteiger partial charge in [0.25, 0.3) is 5.91 Å². The summed E-state index contributed by atoms with van der Waals surface area (Å²) in [4.78, 5) is 25.8. The molecule has 19 heavy (non-hydrogen) atoms. The maximum absolute atomic E-state index is 12.1. The molecule has 1 fully saturated rings. The van der Waals surface area contributed by atoms with E-state index in [0.29, 0.717) is 10.6 Å². The first-order chi connectivity index (χ1) is 9.08. The molecule has 0 aromatic heterocycles. The molecule has 1 aromatic carbocycles. The molecule has 2 amide bonds. The highest BCUT2D eigenvalue weighted by Crippen LogP contribution is 2.11. The molecule has 5 heteroatoms. The van der Waals surface area contributed by atoms with E-state index >= 15 is 0 Å². The second-order valence-corrected chi connectivity index (χ2v) is 5.17. The number of rotatable bonds is 3. The first kappa shape index (κ1) is 13.9. The maximum Gasteiger partial charge on any atom is 0.251 e. The Hall–Kier alpha value is -1.55. The van der Waals surface area contributed by atoms with Crippen molar-refractivity contribution in [2.24, 2.45) is 0 Å². The molecule has 1 unspecified atom stereocenters. The van der Waals surface area contributed by atoms with Crippen LogP contribution in [0, 0.1) is 0 Å². The number of amides is 2. The zero-order chi connectivity index (χ0) is 13.8. The van der Waals surface area contributed by atoms with Crippen molar-refractivity contribution in [2.45, 2.75) is 25.8 Å². The van der Waals surface area contributed by atoms with Crippen LogP contribution in [0.5, 0.6) is 0 Å². The summed E-state index contributed by atoms with van der Waals surface area (Å²) in [5.74, 6) is -0.267. The summed E-state index contributed by atoms with van der Waals surface area (Å²) >= 11 is 5.77. The van der Waals surface area contributed by atoms with Gasteiger partial charge < -0.3 is 10.2 Å². The summed E-state index contributed by atoms with van der Waals surface area (Å²) in [5.41, 5.74) is 0.505. The van der Waals surface area contributed by atoms with Crippen molar-refractivity contribution >= 4 is 23.4 Å². The lowest BCUT2D eigenvalue weighted by Crippen LogP contribution is -2.45. The third kappa shape index (κ3) is 3.47. The summed E-state index contributed by atoms with van der Waals surface area (Å²) in [6, 6.07) is 6.10. The molecule has 1 N–H and O–H groups in total. The van der Waals surface area contributed by atoms with Crippen LogP contribution >= 0.6 is 11.6 Å². The van der Waals surface area contributed by atoms with E-state index in [0.717, 1.165) is 25.9 Å². The van der Waals surface area contributed by atoms with Crippen molar-refractivity contribution in [2.75, 3.05) is 13.1 Å². The van der Waals surface area contributed by atoms with Gasteiger partial charge in [0.2, 0.25) is 5.91 Å². The fourth-order valence-electron chi connectivity index (χ4n) is 2.15. The van der Waals surface area contributed by atoms with Gasteiger partial charge in [-0.25, -0.2) is 0 Å². The largest absolute Gasteiger partial charge is 0.341 e. The molecule has 0 saturated carbocycles. The predicted molar refractivity (Wildman–Crippen MR) is 74.2 cm³/mol. The number of halogens is 1. The molecule has 1 aliphatic heterocycles. The van der Waals surface area contributed by atoms with Crippen molar-refractivity contribution in [1.82, 2.24) is 10.2 Å².